The molecule has 1 aromatic carbocycles. The molecule has 0 radical (unpaired) electrons. The van der Waals surface area contributed by atoms with Crippen molar-refractivity contribution in [2.24, 2.45) is 0 Å². The summed E-state index contributed by atoms with van der Waals surface area (Å²) in [6, 6.07) is 5.65. The highest BCUT2D eigenvalue weighted by atomic mass is 35.5. The van der Waals surface area contributed by atoms with Gasteiger partial charge in [-0.25, -0.2) is 0 Å². The van der Waals surface area contributed by atoms with E-state index in [1.54, 1.807) is 13.8 Å². The van der Waals surface area contributed by atoms with E-state index in [0.717, 1.165) is 16.7 Å². The van der Waals surface area contributed by atoms with Gasteiger partial charge in [-0.3, -0.25) is 9.59 Å². The first-order valence-corrected chi connectivity index (χ1v) is 6.42. The van der Waals surface area contributed by atoms with Gasteiger partial charge in [0.2, 0.25) is 5.91 Å². The Kier molecular flexibility index (Phi) is 3.20. The van der Waals surface area contributed by atoms with Gasteiger partial charge in [-0.15, -0.1) is 11.6 Å². The number of Topliss-reactive ketones (excluding diaryl/α,β-unsaturated/α-hetero) is 1. The summed E-state index contributed by atoms with van der Waals surface area (Å²) in [5.41, 5.74) is 1.85. The molecule has 0 aliphatic carbocycles. The predicted octanol–water partition coefficient (Wildman–Crippen LogP) is 2.29. The van der Waals surface area contributed by atoms with Crippen LogP contribution in [0.5, 0.6) is 0 Å². The number of ketones is 1. The maximum Gasteiger partial charge on any atom is 0.235 e. The van der Waals surface area contributed by atoms with Gasteiger partial charge in [-0.1, -0.05) is 23.8 Å². The molecule has 2 rings (SSSR count). The number of alkyl halides is 1. The molecule has 1 aliphatic heterocycles. The monoisotopic (exact) mass is 265 g/mol. The lowest BCUT2D eigenvalue weighted by Crippen LogP contribution is -2.39. The van der Waals surface area contributed by atoms with E-state index in [-0.39, 0.29) is 11.7 Å². The number of hydrogen-bond donors (Lipinski definition) is 1. The van der Waals surface area contributed by atoms with Crippen molar-refractivity contribution < 1.29 is 9.59 Å². The molecule has 1 heterocycles. The van der Waals surface area contributed by atoms with E-state index < -0.39 is 11.5 Å². The second-order valence-electron chi connectivity index (χ2n) is 5.25. The zero-order valence-corrected chi connectivity index (χ0v) is 11.5. The van der Waals surface area contributed by atoms with E-state index in [1.807, 2.05) is 25.1 Å². The van der Waals surface area contributed by atoms with Crippen molar-refractivity contribution in [2.75, 3.05) is 0 Å². The first-order valence-electron chi connectivity index (χ1n) is 5.88. The molecule has 0 spiro atoms. The van der Waals surface area contributed by atoms with Crippen molar-refractivity contribution in [3.05, 3.63) is 34.9 Å². The lowest BCUT2D eigenvalue weighted by molar-refractivity contribution is -0.125. The predicted molar refractivity (Wildman–Crippen MR) is 70.7 cm³/mol. The third-order valence-corrected chi connectivity index (χ3v) is 3.62. The van der Waals surface area contributed by atoms with Gasteiger partial charge in [0.15, 0.2) is 5.78 Å². The summed E-state index contributed by atoms with van der Waals surface area (Å²) in [5, 5.41) is 2.73. The Hall–Kier alpha value is -1.35. The highest BCUT2D eigenvalue weighted by Gasteiger charge is 2.47. The summed E-state index contributed by atoms with van der Waals surface area (Å²) >= 11 is 5.91. The number of nitrogens with one attached hydrogen (secondary N) is 1. The molecular formula is C14H16ClNO2. The maximum atomic E-state index is 12.3. The van der Waals surface area contributed by atoms with E-state index >= 15 is 0 Å². The summed E-state index contributed by atoms with van der Waals surface area (Å²) in [7, 11) is 0. The van der Waals surface area contributed by atoms with E-state index in [9.17, 15) is 9.59 Å². The third kappa shape index (κ3) is 2.03. The van der Waals surface area contributed by atoms with Crippen molar-refractivity contribution in [2.45, 2.75) is 38.1 Å². The highest BCUT2D eigenvalue weighted by Crippen LogP contribution is 2.32. The first kappa shape index (κ1) is 13.1. The molecule has 18 heavy (non-hydrogen) atoms. The molecule has 1 amide bonds. The van der Waals surface area contributed by atoms with Crippen molar-refractivity contribution in [3.8, 4) is 0 Å². The molecule has 1 N–H and O–H groups in total. The van der Waals surface area contributed by atoms with Gasteiger partial charge >= 0.3 is 0 Å². The van der Waals surface area contributed by atoms with Crippen LogP contribution in [-0.4, -0.2) is 17.2 Å². The fourth-order valence-electron chi connectivity index (χ4n) is 2.34. The van der Waals surface area contributed by atoms with Gasteiger partial charge in [-0.2, -0.15) is 0 Å². The molecule has 3 nitrogen and oxygen atoms in total. The number of carbonyl (C=O) groups is 2. The minimum absolute atomic E-state index is 0.0947. The number of benzene rings is 1. The van der Waals surface area contributed by atoms with E-state index in [0.29, 0.717) is 5.88 Å². The van der Waals surface area contributed by atoms with Crippen LogP contribution >= 0.6 is 11.6 Å². The Balaban J connectivity index is 2.50. The standard InChI is InChI=1S/C14H16ClNO2/c1-8-4-5-10(9(6-8)7-15)11-12(17)14(2,3)16-13(11)18/h4-6,11H,7H2,1-3H3,(H,16,18). The van der Waals surface area contributed by atoms with Crippen LogP contribution in [0.2, 0.25) is 0 Å². The summed E-state index contributed by atoms with van der Waals surface area (Å²) in [6.45, 7) is 5.41. The number of aryl methyl sites for hydroxylation is 1. The van der Waals surface area contributed by atoms with Gasteiger partial charge in [0.25, 0.3) is 0 Å². The second-order valence-corrected chi connectivity index (χ2v) is 5.51. The number of carbonyl (C=O) groups excluding carboxylic acids is 2. The molecule has 1 unspecified atom stereocenters. The maximum absolute atomic E-state index is 12.3. The lowest BCUT2D eigenvalue weighted by Gasteiger charge is -2.16. The SMILES string of the molecule is Cc1ccc(C2C(=O)NC(C)(C)C2=O)c(CCl)c1. The topological polar surface area (TPSA) is 46.2 Å². The fourth-order valence-corrected chi connectivity index (χ4v) is 2.57. The number of rotatable bonds is 2. The molecular weight excluding hydrogens is 250 g/mol. The third-order valence-electron chi connectivity index (χ3n) is 3.33. The Bertz CT molecular complexity index is 523. The Morgan fingerprint density at radius 2 is 2.00 bits per heavy atom. The minimum Gasteiger partial charge on any atom is -0.343 e. The van der Waals surface area contributed by atoms with E-state index in [4.69, 9.17) is 11.6 Å². The van der Waals surface area contributed by atoms with E-state index in [2.05, 4.69) is 5.32 Å². The molecule has 0 aromatic heterocycles. The summed E-state index contributed by atoms with van der Waals surface area (Å²) in [4.78, 5) is 24.2. The summed E-state index contributed by atoms with van der Waals surface area (Å²) in [6.07, 6.45) is 0. The Morgan fingerprint density at radius 3 is 2.50 bits per heavy atom. The number of halogens is 1. The minimum atomic E-state index is -0.795. The molecule has 96 valence electrons. The lowest BCUT2D eigenvalue weighted by atomic mass is 9.87. The van der Waals surface area contributed by atoms with Gasteiger partial charge in [0, 0.05) is 5.88 Å². The highest BCUT2D eigenvalue weighted by molar-refractivity contribution is 6.19. The average Bonchev–Trinajstić information content (AvgIpc) is 2.49. The van der Waals surface area contributed by atoms with Crippen molar-refractivity contribution >= 4 is 23.3 Å². The normalized spacial score (nSPS) is 22.1. The average molecular weight is 266 g/mol. The first-order chi connectivity index (χ1) is 8.36. The van der Waals surface area contributed by atoms with Crippen LogP contribution in [-0.2, 0) is 15.5 Å². The Morgan fingerprint density at radius 1 is 1.33 bits per heavy atom. The van der Waals surface area contributed by atoms with E-state index in [1.165, 1.54) is 0 Å². The number of amides is 1. The Labute approximate surface area is 112 Å². The second kappa shape index (κ2) is 4.39. The van der Waals surface area contributed by atoms with Crippen LogP contribution in [0.3, 0.4) is 0 Å². The van der Waals surface area contributed by atoms with Crippen LogP contribution in [0.15, 0.2) is 18.2 Å². The van der Waals surface area contributed by atoms with Crippen LogP contribution in [0.4, 0.5) is 0 Å². The van der Waals surface area contributed by atoms with Crippen molar-refractivity contribution in [3.63, 3.8) is 0 Å². The summed E-state index contributed by atoms with van der Waals surface area (Å²) < 4.78 is 0. The van der Waals surface area contributed by atoms with Gasteiger partial charge in [0.05, 0.1) is 5.54 Å². The van der Waals surface area contributed by atoms with Crippen LogP contribution in [0, 0.1) is 6.92 Å². The molecule has 0 saturated carbocycles. The quantitative estimate of drug-likeness (QED) is 0.659. The molecule has 0 bridgehead atoms. The van der Waals surface area contributed by atoms with Gasteiger partial charge < -0.3 is 5.32 Å². The van der Waals surface area contributed by atoms with Gasteiger partial charge in [0.1, 0.15) is 5.92 Å². The zero-order valence-electron chi connectivity index (χ0n) is 10.7. The number of hydrogen-bond acceptors (Lipinski definition) is 2. The zero-order chi connectivity index (χ0) is 13.5. The smallest absolute Gasteiger partial charge is 0.235 e. The molecule has 1 saturated heterocycles. The molecule has 1 fully saturated rings. The largest absolute Gasteiger partial charge is 0.343 e. The van der Waals surface area contributed by atoms with Gasteiger partial charge in [-0.05, 0) is 31.9 Å². The van der Waals surface area contributed by atoms with Crippen LogP contribution < -0.4 is 5.32 Å². The van der Waals surface area contributed by atoms with Crippen molar-refractivity contribution in [1.29, 1.82) is 0 Å². The fraction of sp³-hybridized carbons (Fsp3) is 0.429. The van der Waals surface area contributed by atoms with Crippen LogP contribution in [0.25, 0.3) is 0 Å². The van der Waals surface area contributed by atoms with Crippen molar-refractivity contribution in [1.82, 2.24) is 5.32 Å². The van der Waals surface area contributed by atoms with Crippen LogP contribution in [0.1, 0.15) is 36.5 Å². The molecule has 1 atom stereocenters. The molecule has 1 aromatic rings. The molecule has 1 aliphatic rings. The summed E-state index contributed by atoms with van der Waals surface area (Å²) in [5.74, 6) is -0.758. The molecule has 4 heteroatoms.